The number of nitrogens with zero attached hydrogens (tertiary/aromatic N) is 1. The molecule has 2 nitrogen and oxygen atoms in total. The smallest absolute Gasteiger partial charge is 0.251 e. The summed E-state index contributed by atoms with van der Waals surface area (Å²) in [4.78, 5) is 1.78. The van der Waals surface area contributed by atoms with E-state index in [1.165, 1.54) is 0 Å². The molecule has 78 valence electrons. The molecular formula is C9H18F2N2. The standard InChI is InChI=1S/C9H18F2N2/c1-3-7-4-12-5-8(7)13(2)6-9(10)11/h7-9,12H,3-6H2,1-2H3. The molecule has 1 aliphatic rings. The van der Waals surface area contributed by atoms with E-state index < -0.39 is 6.43 Å². The van der Waals surface area contributed by atoms with Crippen LogP contribution in [0.1, 0.15) is 13.3 Å². The molecule has 0 spiro atoms. The third-order valence-corrected chi connectivity index (χ3v) is 2.82. The minimum absolute atomic E-state index is 0.108. The molecule has 13 heavy (non-hydrogen) atoms. The van der Waals surface area contributed by atoms with Crippen LogP contribution in [0.2, 0.25) is 0 Å². The second-order valence-corrected chi connectivity index (χ2v) is 3.72. The van der Waals surface area contributed by atoms with Crippen molar-refractivity contribution in [2.24, 2.45) is 5.92 Å². The van der Waals surface area contributed by atoms with Gasteiger partial charge >= 0.3 is 0 Å². The molecule has 0 saturated carbocycles. The van der Waals surface area contributed by atoms with E-state index in [0.717, 1.165) is 19.5 Å². The second-order valence-electron chi connectivity index (χ2n) is 3.72. The average molecular weight is 192 g/mol. The highest BCUT2D eigenvalue weighted by Gasteiger charge is 2.29. The predicted molar refractivity (Wildman–Crippen MR) is 49.1 cm³/mol. The van der Waals surface area contributed by atoms with E-state index in [-0.39, 0.29) is 6.54 Å². The van der Waals surface area contributed by atoms with Gasteiger partial charge < -0.3 is 5.32 Å². The van der Waals surface area contributed by atoms with Crippen molar-refractivity contribution in [1.82, 2.24) is 10.2 Å². The average Bonchev–Trinajstić information content (AvgIpc) is 2.49. The van der Waals surface area contributed by atoms with Crippen LogP contribution in [0.15, 0.2) is 0 Å². The van der Waals surface area contributed by atoms with E-state index in [1.54, 1.807) is 11.9 Å². The first-order valence-corrected chi connectivity index (χ1v) is 4.84. The number of likely N-dealkylation sites (N-methyl/N-ethyl adjacent to an activating group) is 1. The molecule has 1 aliphatic heterocycles. The number of hydrogen-bond acceptors (Lipinski definition) is 2. The van der Waals surface area contributed by atoms with Gasteiger partial charge in [-0.15, -0.1) is 0 Å². The fraction of sp³-hybridized carbons (Fsp3) is 1.00. The third kappa shape index (κ3) is 2.88. The van der Waals surface area contributed by atoms with Crippen LogP contribution in [-0.4, -0.2) is 44.0 Å². The van der Waals surface area contributed by atoms with Gasteiger partial charge in [0.05, 0.1) is 6.54 Å². The Morgan fingerprint density at radius 1 is 1.46 bits per heavy atom. The molecule has 0 amide bonds. The molecule has 2 unspecified atom stereocenters. The van der Waals surface area contributed by atoms with Gasteiger partial charge in [-0.3, -0.25) is 4.90 Å². The van der Waals surface area contributed by atoms with Crippen LogP contribution in [-0.2, 0) is 0 Å². The molecule has 0 aliphatic carbocycles. The lowest BCUT2D eigenvalue weighted by atomic mass is 10.00. The van der Waals surface area contributed by atoms with Gasteiger partial charge in [-0.2, -0.15) is 0 Å². The molecule has 0 radical (unpaired) electrons. The van der Waals surface area contributed by atoms with Gasteiger partial charge in [0, 0.05) is 12.6 Å². The largest absolute Gasteiger partial charge is 0.315 e. The molecule has 1 saturated heterocycles. The summed E-state index contributed by atoms with van der Waals surface area (Å²) in [6, 6.07) is 0.291. The normalized spacial score (nSPS) is 29.1. The quantitative estimate of drug-likeness (QED) is 0.719. The molecule has 0 aromatic heterocycles. The van der Waals surface area contributed by atoms with Crippen molar-refractivity contribution in [3.63, 3.8) is 0 Å². The van der Waals surface area contributed by atoms with E-state index >= 15 is 0 Å². The Morgan fingerprint density at radius 3 is 2.69 bits per heavy atom. The number of nitrogens with one attached hydrogen (secondary N) is 1. The van der Waals surface area contributed by atoms with Crippen molar-refractivity contribution in [2.75, 3.05) is 26.7 Å². The summed E-state index contributed by atoms with van der Waals surface area (Å²) in [5.74, 6) is 0.531. The topological polar surface area (TPSA) is 15.3 Å². The highest BCUT2D eigenvalue weighted by atomic mass is 19.3. The van der Waals surface area contributed by atoms with Crippen LogP contribution in [0.3, 0.4) is 0 Å². The highest BCUT2D eigenvalue weighted by Crippen LogP contribution is 2.18. The summed E-state index contributed by atoms with van der Waals surface area (Å²) in [6.07, 6.45) is -1.16. The number of rotatable bonds is 4. The van der Waals surface area contributed by atoms with Gasteiger partial charge in [-0.25, -0.2) is 8.78 Å². The Hall–Kier alpha value is -0.220. The van der Waals surface area contributed by atoms with Gasteiger partial charge in [0.25, 0.3) is 6.43 Å². The molecular weight excluding hydrogens is 174 g/mol. The Balaban J connectivity index is 2.40. The molecule has 4 heteroatoms. The van der Waals surface area contributed by atoms with Crippen LogP contribution in [0.25, 0.3) is 0 Å². The van der Waals surface area contributed by atoms with E-state index in [9.17, 15) is 8.78 Å². The maximum atomic E-state index is 12.1. The van der Waals surface area contributed by atoms with E-state index in [4.69, 9.17) is 0 Å². The molecule has 0 aromatic carbocycles. The molecule has 1 N–H and O–H groups in total. The van der Waals surface area contributed by atoms with Crippen LogP contribution in [0.4, 0.5) is 8.78 Å². The Labute approximate surface area is 78.3 Å². The van der Waals surface area contributed by atoms with Gasteiger partial charge in [0.15, 0.2) is 0 Å². The van der Waals surface area contributed by atoms with Gasteiger partial charge in [0.2, 0.25) is 0 Å². The predicted octanol–water partition coefficient (Wildman–Crippen LogP) is 1.18. The summed E-state index contributed by atoms with van der Waals surface area (Å²) in [5.41, 5.74) is 0. The van der Waals surface area contributed by atoms with Crippen LogP contribution >= 0.6 is 0 Å². The molecule has 2 atom stereocenters. The summed E-state index contributed by atoms with van der Waals surface area (Å²) in [5, 5.41) is 3.24. The van der Waals surface area contributed by atoms with Gasteiger partial charge in [-0.1, -0.05) is 13.3 Å². The minimum Gasteiger partial charge on any atom is -0.315 e. The number of alkyl halides is 2. The molecule has 1 heterocycles. The second kappa shape index (κ2) is 4.86. The maximum Gasteiger partial charge on any atom is 0.251 e. The number of halogens is 2. The lowest BCUT2D eigenvalue weighted by Crippen LogP contribution is -2.40. The van der Waals surface area contributed by atoms with Crippen molar-refractivity contribution in [3.05, 3.63) is 0 Å². The minimum atomic E-state index is -2.22. The Bertz CT molecular complexity index is 153. The zero-order valence-electron chi connectivity index (χ0n) is 8.26. The fourth-order valence-corrected chi connectivity index (χ4v) is 2.00. The van der Waals surface area contributed by atoms with Crippen molar-refractivity contribution >= 4 is 0 Å². The van der Waals surface area contributed by atoms with Crippen molar-refractivity contribution in [2.45, 2.75) is 25.8 Å². The lowest BCUT2D eigenvalue weighted by Gasteiger charge is -2.27. The number of hydrogen-bond donors (Lipinski definition) is 1. The fourth-order valence-electron chi connectivity index (χ4n) is 2.00. The molecule has 0 bridgehead atoms. The van der Waals surface area contributed by atoms with Crippen LogP contribution in [0.5, 0.6) is 0 Å². The SMILES string of the molecule is CCC1CNCC1N(C)CC(F)F. The zero-order valence-corrected chi connectivity index (χ0v) is 8.26. The monoisotopic (exact) mass is 192 g/mol. The zero-order chi connectivity index (χ0) is 9.84. The van der Waals surface area contributed by atoms with Gasteiger partial charge in [0.1, 0.15) is 0 Å². The van der Waals surface area contributed by atoms with Gasteiger partial charge in [-0.05, 0) is 19.5 Å². The molecule has 1 fully saturated rings. The maximum absolute atomic E-state index is 12.1. The van der Waals surface area contributed by atoms with Crippen LogP contribution in [0, 0.1) is 5.92 Å². The first kappa shape index (κ1) is 10.9. The summed E-state index contributed by atoms with van der Waals surface area (Å²) >= 11 is 0. The Kier molecular flexibility index (Phi) is 4.06. The van der Waals surface area contributed by atoms with E-state index in [2.05, 4.69) is 12.2 Å². The first-order valence-electron chi connectivity index (χ1n) is 4.84. The lowest BCUT2D eigenvalue weighted by molar-refractivity contribution is 0.0744. The molecule has 0 aromatic rings. The summed E-state index contributed by atoms with van der Waals surface area (Å²) in [6.45, 7) is 3.82. The van der Waals surface area contributed by atoms with Crippen molar-refractivity contribution in [3.8, 4) is 0 Å². The van der Waals surface area contributed by atoms with E-state index in [0.29, 0.717) is 12.0 Å². The van der Waals surface area contributed by atoms with Crippen LogP contribution < -0.4 is 5.32 Å². The van der Waals surface area contributed by atoms with Crippen molar-refractivity contribution < 1.29 is 8.78 Å². The van der Waals surface area contributed by atoms with E-state index in [1.807, 2.05) is 0 Å². The summed E-state index contributed by atoms with van der Waals surface area (Å²) in [7, 11) is 1.78. The highest BCUT2D eigenvalue weighted by molar-refractivity contribution is 4.86. The summed E-state index contributed by atoms with van der Waals surface area (Å²) < 4.78 is 24.2. The Morgan fingerprint density at radius 2 is 2.15 bits per heavy atom. The first-order chi connectivity index (χ1) is 6.15. The van der Waals surface area contributed by atoms with Crippen molar-refractivity contribution in [1.29, 1.82) is 0 Å². The third-order valence-electron chi connectivity index (χ3n) is 2.82. The molecule has 1 rings (SSSR count).